The molecule has 1 aromatic carbocycles. The van der Waals surface area contributed by atoms with Crippen LogP contribution in [0.2, 0.25) is 0 Å². The van der Waals surface area contributed by atoms with Gasteiger partial charge in [-0.1, -0.05) is 25.1 Å². The quantitative estimate of drug-likeness (QED) is 0.724. The van der Waals surface area contributed by atoms with Gasteiger partial charge in [0.1, 0.15) is 12.4 Å². The predicted octanol–water partition coefficient (Wildman–Crippen LogP) is 1.27. The largest absolute Gasteiger partial charge is 0.491 e. The smallest absolute Gasteiger partial charge is 0.315 e. The first-order valence-corrected chi connectivity index (χ1v) is 6.56. The van der Waals surface area contributed by atoms with Crippen molar-refractivity contribution in [3.05, 3.63) is 29.8 Å². The van der Waals surface area contributed by atoms with E-state index in [1.54, 1.807) is 0 Å². The number of benzene rings is 1. The number of aliphatic hydroxyl groups excluding tert-OH is 1. The topological polar surface area (TPSA) is 70.6 Å². The van der Waals surface area contributed by atoms with Crippen molar-refractivity contribution in [2.75, 3.05) is 13.2 Å². The first-order valence-electron chi connectivity index (χ1n) is 6.56. The minimum atomic E-state index is -0.147. The number of aliphatic hydroxyl groups is 1. The van der Waals surface area contributed by atoms with Gasteiger partial charge in [0.05, 0.1) is 6.61 Å². The molecule has 1 saturated carbocycles. The summed E-state index contributed by atoms with van der Waals surface area (Å²) in [4.78, 5) is 11.6. The van der Waals surface area contributed by atoms with Crippen LogP contribution in [0.3, 0.4) is 0 Å². The van der Waals surface area contributed by atoms with Gasteiger partial charge in [-0.15, -0.1) is 0 Å². The van der Waals surface area contributed by atoms with Crippen molar-refractivity contribution in [2.24, 2.45) is 5.92 Å². The number of ether oxygens (including phenoxy) is 1. The Hall–Kier alpha value is -1.75. The molecule has 0 bridgehead atoms. The van der Waals surface area contributed by atoms with E-state index in [0.29, 0.717) is 24.3 Å². The van der Waals surface area contributed by atoms with Gasteiger partial charge in [0.15, 0.2) is 0 Å². The summed E-state index contributed by atoms with van der Waals surface area (Å²) in [5, 5.41) is 14.5. The molecule has 1 fully saturated rings. The zero-order valence-electron chi connectivity index (χ0n) is 11.1. The van der Waals surface area contributed by atoms with E-state index in [9.17, 15) is 4.79 Å². The number of hydrogen-bond donors (Lipinski definition) is 3. The number of hydrogen-bond acceptors (Lipinski definition) is 3. The zero-order valence-corrected chi connectivity index (χ0v) is 11.1. The molecule has 2 amide bonds. The van der Waals surface area contributed by atoms with E-state index in [1.807, 2.05) is 24.3 Å². The summed E-state index contributed by atoms with van der Waals surface area (Å²) in [5.41, 5.74) is 0.898. The highest BCUT2D eigenvalue weighted by Crippen LogP contribution is 2.28. The van der Waals surface area contributed by atoms with Crippen LogP contribution in [0.15, 0.2) is 24.3 Å². The van der Waals surface area contributed by atoms with Gasteiger partial charge >= 0.3 is 6.03 Å². The maximum atomic E-state index is 11.6. The molecular formula is C14H20N2O3. The van der Waals surface area contributed by atoms with Crippen molar-refractivity contribution in [1.29, 1.82) is 0 Å². The van der Waals surface area contributed by atoms with E-state index in [1.165, 1.54) is 0 Å². The number of carbonyl (C=O) groups is 1. The summed E-state index contributed by atoms with van der Waals surface area (Å²) in [5.74, 6) is 1.28. The molecule has 0 spiro atoms. The van der Waals surface area contributed by atoms with Crippen LogP contribution in [0, 0.1) is 5.92 Å². The SMILES string of the molecule is CC1CC1NC(=O)NCc1ccccc1OCCO. The molecule has 0 aromatic heterocycles. The Labute approximate surface area is 113 Å². The summed E-state index contributed by atoms with van der Waals surface area (Å²) < 4.78 is 5.41. The van der Waals surface area contributed by atoms with Crippen LogP contribution in [0.5, 0.6) is 5.75 Å². The summed E-state index contributed by atoms with van der Waals surface area (Å²) in [6.45, 7) is 2.75. The van der Waals surface area contributed by atoms with Crippen LogP contribution in [0.25, 0.3) is 0 Å². The molecule has 19 heavy (non-hydrogen) atoms. The van der Waals surface area contributed by atoms with Crippen LogP contribution >= 0.6 is 0 Å². The van der Waals surface area contributed by atoms with Crippen molar-refractivity contribution in [1.82, 2.24) is 10.6 Å². The predicted molar refractivity (Wildman–Crippen MR) is 72.0 cm³/mol. The lowest BCUT2D eigenvalue weighted by Crippen LogP contribution is -2.37. The Morgan fingerprint density at radius 2 is 2.21 bits per heavy atom. The molecule has 1 aliphatic carbocycles. The second-order valence-electron chi connectivity index (χ2n) is 4.83. The second kappa shape index (κ2) is 6.43. The van der Waals surface area contributed by atoms with E-state index >= 15 is 0 Å². The monoisotopic (exact) mass is 264 g/mol. The normalized spacial score (nSPS) is 20.7. The number of amides is 2. The third kappa shape index (κ3) is 4.13. The number of nitrogens with one attached hydrogen (secondary N) is 2. The van der Waals surface area contributed by atoms with Crippen molar-refractivity contribution < 1.29 is 14.6 Å². The molecule has 5 heteroatoms. The molecule has 2 unspecified atom stereocenters. The van der Waals surface area contributed by atoms with Gasteiger partial charge in [-0.2, -0.15) is 0 Å². The Kier molecular flexibility index (Phi) is 4.63. The molecule has 2 rings (SSSR count). The highest BCUT2D eigenvalue weighted by Gasteiger charge is 2.33. The Morgan fingerprint density at radius 1 is 1.47 bits per heavy atom. The molecule has 104 valence electrons. The summed E-state index contributed by atoms with van der Waals surface area (Å²) in [7, 11) is 0. The molecule has 0 heterocycles. The molecule has 0 aliphatic heterocycles. The first-order chi connectivity index (χ1) is 9.20. The molecule has 2 atom stereocenters. The van der Waals surface area contributed by atoms with Crippen molar-refractivity contribution >= 4 is 6.03 Å². The number of carbonyl (C=O) groups excluding carboxylic acids is 1. The summed E-state index contributed by atoms with van der Waals surface area (Å²) >= 11 is 0. The lowest BCUT2D eigenvalue weighted by Gasteiger charge is -2.12. The van der Waals surface area contributed by atoms with Crippen LogP contribution < -0.4 is 15.4 Å². The molecule has 1 aliphatic rings. The second-order valence-corrected chi connectivity index (χ2v) is 4.83. The van der Waals surface area contributed by atoms with Gasteiger partial charge in [0, 0.05) is 18.2 Å². The molecule has 3 N–H and O–H groups in total. The van der Waals surface area contributed by atoms with Crippen molar-refractivity contribution in [3.63, 3.8) is 0 Å². The van der Waals surface area contributed by atoms with Gasteiger partial charge in [0.25, 0.3) is 0 Å². The van der Waals surface area contributed by atoms with Gasteiger partial charge in [0.2, 0.25) is 0 Å². The Bertz CT molecular complexity index is 436. The van der Waals surface area contributed by atoms with E-state index < -0.39 is 0 Å². The third-order valence-corrected chi connectivity index (χ3v) is 3.19. The minimum Gasteiger partial charge on any atom is -0.491 e. The van der Waals surface area contributed by atoms with Gasteiger partial charge in [-0.05, 0) is 18.4 Å². The number of para-hydroxylation sites is 1. The molecule has 1 aromatic rings. The fourth-order valence-corrected chi connectivity index (χ4v) is 1.86. The first kappa shape index (κ1) is 13.7. The van der Waals surface area contributed by atoms with Crippen molar-refractivity contribution in [2.45, 2.75) is 25.9 Å². The maximum Gasteiger partial charge on any atom is 0.315 e. The van der Waals surface area contributed by atoms with E-state index in [2.05, 4.69) is 17.6 Å². The maximum absolute atomic E-state index is 11.6. The summed E-state index contributed by atoms with van der Waals surface area (Å²) in [6, 6.07) is 7.65. The summed E-state index contributed by atoms with van der Waals surface area (Å²) in [6.07, 6.45) is 1.06. The average molecular weight is 264 g/mol. The van der Waals surface area contributed by atoms with Crippen LogP contribution in [0.4, 0.5) is 4.79 Å². The lowest BCUT2D eigenvalue weighted by atomic mass is 10.2. The van der Waals surface area contributed by atoms with Gasteiger partial charge < -0.3 is 20.5 Å². The fraction of sp³-hybridized carbons (Fsp3) is 0.500. The van der Waals surface area contributed by atoms with Crippen LogP contribution in [0.1, 0.15) is 18.9 Å². The van der Waals surface area contributed by atoms with Gasteiger partial charge in [-0.3, -0.25) is 0 Å². The van der Waals surface area contributed by atoms with Crippen molar-refractivity contribution in [3.8, 4) is 5.75 Å². The van der Waals surface area contributed by atoms with Gasteiger partial charge in [-0.25, -0.2) is 4.79 Å². The van der Waals surface area contributed by atoms with E-state index in [4.69, 9.17) is 9.84 Å². The molecule has 0 saturated heterocycles. The van der Waals surface area contributed by atoms with Crippen LogP contribution in [-0.2, 0) is 6.54 Å². The Morgan fingerprint density at radius 3 is 2.89 bits per heavy atom. The minimum absolute atomic E-state index is 0.0260. The zero-order chi connectivity index (χ0) is 13.7. The number of rotatable bonds is 6. The standard InChI is InChI=1S/C14H20N2O3/c1-10-8-12(10)16-14(18)15-9-11-4-2-3-5-13(11)19-7-6-17/h2-5,10,12,17H,6-9H2,1H3,(H2,15,16,18). The molecular weight excluding hydrogens is 244 g/mol. The lowest BCUT2D eigenvalue weighted by molar-refractivity contribution is 0.200. The van der Waals surface area contributed by atoms with Crippen LogP contribution in [-0.4, -0.2) is 30.4 Å². The van der Waals surface area contributed by atoms with E-state index in [0.717, 1.165) is 12.0 Å². The number of urea groups is 1. The average Bonchev–Trinajstić information content (AvgIpc) is 3.10. The van der Waals surface area contributed by atoms with E-state index in [-0.39, 0.29) is 19.2 Å². The molecule has 0 radical (unpaired) electrons. The highest BCUT2D eigenvalue weighted by molar-refractivity contribution is 5.74. The fourth-order valence-electron chi connectivity index (χ4n) is 1.86. The Balaban J connectivity index is 1.82. The molecule has 5 nitrogen and oxygen atoms in total. The third-order valence-electron chi connectivity index (χ3n) is 3.19. The highest BCUT2D eigenvalue weighted by atomic mass is 16.5.